The van der Waals surface area contributed by atoms with Crippen molar-refractivity contribution in [1.29, 1.82) is 0 Å². The number of hydrogen-bond acceptors (Lipinski definition) is 2. The Morgan fingerprint density at radius 3 is 2.33 bits per heavy atom. The smallest absolute Gasteiger partial charge is 0.319 e. The molecule has 0 heterocycles. The van der Waals surface area contributed by atoms with E-state index in [4.69, 9.17) is 0 Å². The van der Waals surface area contributed by atoms with E-state index in [1.54, 1.807) is 0 Å². The SMILES string of the molecule is Cc1cc(C)cc(NC(=O)NCCC(CCO)c2ccccc2)c1. The van der Waals surface area contributed by atoms with Gasteiger partial charge in [0, 0.05) is 18.8 Å². The highest BCUT2D eigenvalue weighted by Gasteiger charge is 2.11. The Labute approximate surface area is 143 Å². The van der Waals surface area contributed by atoms with Crippen LogP contribution in [0.4, 0.5) is 10.5 Å². The Balaban J connectivity index is 1.84. The number of benzene rings is 2. The van der Waals surface area contributed by atoms with Gasteiger partial charge in [-0.1, -0.05) is 36.4 Å². The van der Waals surface area contributed by atoms with Crippen LogP contribution in [-0.4, -0.2) is 24.3 Å². The molecular weight excluding hydrogens is 300 g/mol. The van der Waals surface area contributed by atoms with Gasteiger partial charge in [-0.25, -0.2) is 4.79 Å². The van der Waals surface area contributed by atoms with Gasteiger partial charge in [0.05, 0.1) is 0 Å². The summed E-state index contributed by atoms with van der Waals surface area (Å²) < 4.78 is 0. The molecule has 4 heteroatoms. The molecule has 1 unspecified atom stereocenters. The third-order valence-electron chi connectivity index (χ3n) is 4.01. The number of urea groups is 1. The average Bonchev–Trinajstić information content (AvgIpc) is 2.54. The van der Waals surface area contributed by atoms with E-state index in [1.165, 1.54) is 5.56 Å². The molecule has 2 aromatic rings. The summed E-state index contributed by atoms with van der Waals surface area (Å²) in [5, 5.41) is 15.0. The second kappa shape index (κ2) is 9.08. The van der Waals surface area contributed by atoms with Crippen LogP contribution in [0, 0.1) is 13.8 Å². The second-order valence-corrected chi connectivity index (χ2v) is 6.17. The number of aryl methyl sites for hydroxylation is 2. The monoisotopic (exact) mass is 326 g/mol. The van der Waals surface area contributed by atoms with Gasteiger partial charge in [-0.3, -0.25) is 0 Å². The van der Waals surface area contributed by atoms with Crippen molar-refractivity contribution < 1.29 is 9.90 Å². The third-order valence-corrected chi connectivity index (χ3v) is 4.01. The summed E-state index contributed by atoms with van der Waals surface area (Å²) in [6, 6.07) is 15.9. The summed E-state index contributed by atoms with van der Waals surface area (Å²) in [7, 11) is 0. The van der Waals surface area contributed by atoms with E-state index in [0.29, 0.717) is 13.0 Å². The molecule has 0 bridgehead atoms. The highest BCUT2D eigenvalue weighted by molar-refractivity contribution is 5.89. The molecule has 0 spiro atoms. The lowest BCUT2D eigenvalue weighted by Gasteiger charge is -2.17. The first-order chi connectivity index (χ1) is 11.6. The maximum atomic E-state index is 12.0. The van der Waals surface area contributed by atoms with Gasteiger partial charge in [0.2, 0.25) is 0 Å². The average molecular weight is 326 g/mol. The van der Waals surface area contributed by atoms with Gasteiger partial charge in [-0.15, -0.1) is 0 Å². The van der Waals surface area contributed by atoms with Crippen LogP contribution in [0.15, 0.2) is 48.5 Å². The number of carbonyl (C=O) groups excluding carboxylic acids is 1. The van der Waals surface area contributed by atoms with Crippen LogP contribution < -0.4 is 10.6 Å². The zero-order valence-corrected chi connectivity index (χ0v) is 14.4. The fourth-order valence-electron chi connectivity index (χ4n) is 2.94. The number of nitrogens with one attached hydrogen (secondary N) is 2. The van der Waals surface area contributed by atoms with Gasteiger partial charge >= 0.3 is 6.03 Å². The van der Waals surface area contributed by atoms with Crippen LogP contribution >= 0.6 is 0 Å². The highest BCUT2D eigenvalue weighted by atomic mass is 16.3. The van der Waals surface area contributed by atoms with Crippen molar-refractivity contribution in [2.45, 2.75) is 32.6 Å². The van der Waals surface area contributed by atoms with E-state index < -0.39 is 0 Å². The number of hydrogen-bond donors (Lipinski definition) is 3. The topological polar surface area (TPSA) is 61.4 Å². The van der Waals surface area contributed by atoms with Crippen LogP contribution in [0.2, 0.25) is 0 Å². The van der Waals surface area contributed by atoms with E-state index in [0.717, 1.165) is 23.2 Å². The van der Waals surface area contributed by atoms with Crippen LogP contribution in [0.3, 0.4) is 0 Å². The molecule has 0 saturated heterocycles. The Hall–Kier alpha value is -2.33. The van der Waals surface area contributed by atoms with Gasteiger partial charge in [0.25, 0.3) is 0 Å². The summed E-state index contributed by atoms with van der Waals surface area (Å²) in [5.74, 6) is 0.248. The third kappa shape index (κ3) is 5.70. The second-order valence-electron chi connectivity index (χ2n) is 6.17. The minimum Gasteiger partial charge on any atom is -0.396 e. The minimum atomic E-state index is -0.198. The lowest BCUT2D eigenvalue weighted by atomic mass is 9.93. The Bertz CT molecular complexity index is 636. The molecule has 0 aliphatic heterocycles. The van der Waals surface area contributed by atoms with E-state index >= 15 is 0 Å². The van der Waals surface area contributed by atoms with E-state index in [2.05, 4.69) is 28.8 Å². The van der Waals surface area contributed by atoms with Crippen LogP contribution in [0.25, 0.3) is 0 Å². The minimum absolute atomic E-state index is 0.147. The van der Waals surface area contributed by atoms with Crippen molar-refractivity contribution in [3.05, 3.63) is 65.2 Å². The summed E-state index contributed by atoms with van der Waals surface area (Å²) in [6.45, 7) is 4.73. The maximum absolute atomic E-state index is 12.0. The zero-order chi connectivity index (χ0) is 17.4. The van der Waals surface area contributed by atoms with Gasteiger partial charge in [0.15, 0.2) is 0 Å². The number of aliphatic hydroxyl groups excluding tert-OH is 1. The quantitative estimate of drug-likeness (QED) is 0.720. The number of carbonyl (C=O) groups is 1. The molecule has 2 amide bonds. The van der Waals surface area contributed by atoms with Crippen molar-refractivity contribution in [2.75, 3.05) is 18.5 Å². The van der Waals surface area contributed by atoms with Crippen molar-refractivity contribution in [2.24, 2.45) is 0 Å². The van der Waals surface area contributed by atoms with Gasteiger partial charge in [-0.2, -0.15) is 0 Å². The normalized spacial score (nSPS) is 11.8. The number of rotatable bonds is 7. The van der Waals surface area contributed by atoms with Gasteiger partial charge in [0.1, 0.15) is 0 Å². The maximum Gasteiger partial charge on any atom is 0.319 e. The lowest BCUT2D eigenvalue weighted by Crippen LogP contribution is -2.30. The first-order valence-corrected chi connectivity index (χ1v) is 8.37. The van der Waals surface area contributed by atoms with Crippen LogP contribution in [-0.2, 0) is 0 Å². The number of anilines is 1. The van der Waals surface area contributed by atoms with Gasteiger partial charge < -0.3 is 15.7 Å². The van der Waals surface area contributed by atoms with Crippen molar-refractivity contribution in [1.82, 2.24) is 5.32 Å². The first kappa shape index (κ1) is 18.0. The molecule has 24 heavy (non-hydrogen) atoms. The fraction of sp³-hybridized carbons (Fsp3) is 0.350. The number of amides is 2. The highest BCUT2D eigenvalue weighted by Crippen LogP contribution is 2.22. The lowest BCUT2D eigenvalue weighted by molar-refractivity contribution is 0.250. The standard InChI is InChI=1S/C20H26N2O2/c1-15-12-16(2)14-19(13-15)22-20(24)21-10-8-18(9-11-23)17-6-4-3-5-7-17/h3-7,12-14,18,23H,8-11H2,1-2H3,(H2,21,22,24). The van der Waals surface area contributed by atoms with Crippen molar-refractivity contribution in [3.63, 3.8) is 0 Å². The summed E-state index contributed by atoms with van der Waals surface area (Å²) in [5.41, 5.74) is 4.25. The Morgan fingerprint density at radius 1 is 1.04 bits per heavy atom. The molecule has 1 atom stereocenters. The van der Waals surface area contributed by atoms with Crippen molar-refractivity contribution >= 4 is 11.7 Å². The molecule has 0 aromatic heterocycles. The predicted molar refractivity (Wildman–Crippen MR) is 98.4 cm³/mol. The molecule has 0 radical (unpaired) electrons. The predicted octanol–water partition coefficient (Wildman–Crippen LogP) is 3.98. The molecule has 3 N–H and O–H groups in total. The Morgan fingerprint density at radius 2 is 1.71 bits per heavy atom. The largest absolute Gasteiger partial charge is 0.396 e. The molecular formula is C20H26N2O2. The van der Waals surface area contributed by atoms with Gasteiger partial charge in [-0.05, 0) is 61.4 Å². The van der Waals surface area contributed by atoms with E-state index in [-0.39, 0.29) is 18.6 Å². The molecule has 0 fully saturated rings. The van der Waals surface area contributed by atoms with Crippen molar-refractivity contribution in [3.8, 4) is 0 Å². The molecule has 0 aliphatic carbocycles. The summed E-state index contributed by atoms with van der Waals surface area (Å²) >= 11 is 0. The number of aliphatic hydroxyl groups is 1. The molecule has 2 aromatic carbocycles. The summed E-state index contributed by atoms with van der Waals surface area (Å²) in [4.78, 5) is 12.0. The molecule has 0 aliphatic rings. The van der Waals surface area contributed by atoms with E-state index in [9.17, 15) is 9.90 Å². The van der Waals surface area contributed by atoms with Crippen LogP contribution in [0.5, 0.6) is 0 Å². The first-order valence-electron chi connectivity index (χ1n) is 8.37. The summed E-state index contributed by atoms with van der Waals surface area (Å²) in [6.07, 6.45) is 1.50. The van der Waals surface area contributed by atoms with Crippen LogP contribution in [0.1, 0.15) is 35.4 Å². The molecule has 4 nitrogen and oxygen atoms in total. The van der Waals surface area contributed by atoms with E-state index in [1.807, 2.05) is 44.2 Å². The molecule has 128 valence electrons. The zero-order valence-electron chi connectivity index (χ0n) is 14.4. The molecule has 0 saturated carbocycles. The fourth-order valence-corrected chi connectivity index (χ4v) is 2.94. The molecule has 2 rings (SSSR count). The Kier molecular flexibility index (Phi) is 6.82.